The van der Waals surface area contributed by atoms with E-state index >= 15 is 0 Å². The molecule has 0 saturated carbocycles. The fraction of sp³-hybridized carbons (Fsp3) is 0.0625. The molecule has 0 amide bonds. The Labute approximate surface area is 114 Å². The molecule has 0 fully saturated rings. The number of aromatic nitrogens is 1. The maximum Gasteiger partial charge on any atom is 0.150 e. The van der Waals surface area contributed by atoms with E-state index in [9.17, 15) is 8.78 Å². The van der Waals surface area contributed by atoms with E-state index in [2.05, 4.69) is 4.98 Å². The summed E-state index contributed by atoms with van der Waals surface area (Å²) in [6.07, 6.45) is 0. The molecule has 2 aromatic carbocycles. The number of rotatable bonds is 1. The summed E-state index contributed by atoms with van der Waals surface area (Å²) < 4.78 is 27.1. The highest BCUT2D eigenvalue weighted by Gasteiger charge is 2.13. The van der Waals surface area contributed by atoms with Crippen LogP contribution in [0.2, 0.25) is 0 Å². The van der Waals surface area contributed by atoms with Gasteiger partial charge in [0.1, 0.15) is 11.6 Å². The second-order valence-electron chi connectivity index (χ2n) is 4.62. The van der Waals surface area contributed by atoms with E-state index in [1.165, 1.54) is 6.07 Å². The summed E-state index contributed by atoms with van der Waals surface area (Å²) in [6.45, 7) is 1.81. The van der Waals surface area contributed by atoms with Gasteiger partial charge >= 0.3 is 0 Å². The first kappa shape index (κ1) is 12.4. The molecule has 2 nitrogen and oxygen atoms in total. The number of nitriles is 1. The number of fused-ring (bicyclic) bond motifs is 1. The van der Waals surface area contributed by atoms with Crippen molar-refractivity contribution in [2.75, 3.05) is 0 Å². The third kappa shape index (κ3) is 1.84. The van der Waals surface area contributed by atoms with Crippen molar-refractivity contribution in [3.8, 4) is 17.3 Å². The molecule has 20 heavy (non-hydrogen) atoms. The van der Waals surface area contributed by atoms with E-state index in [4.69, 9.17) is 5.26 Å². The minimum atomic E-state index is -0.608. The number of hydrogen-bond acceptors (Lipinski definition) is 1. The van der Waals surface area contributed by atoms with E-state index in [1.54, 1.807) is 24.3 Å². The molecule has 0 radical (unpaired) electrons. The lowest BCUT2D eigenvalue weighted by Crippen LogP contribution is -1.81. The molecule has 0 spiro atoms. The molecule has 1 heterocycles. The van der Waals surface area contributed by atoms with E-state index in [-0.39, 0.29) is 0 Å². The number of aromatic amines is 1. The van der Waals surface area contributed by atoms with Crippen LogP contribution in [-0.2, 0) is 0 Å². The van der Waals surface area contributed by atoms with Gasteiger partial charge in [-0.2, -0.15) is 5.26 Å². The van der Waals surface area contributed by atoms with Gasteiger partial charge in [0, 0.05) is 17.1 Å². The predicted octanol–water partition coefficient (Wildman–Crippen LogP) is 4.29. The fourth-order valence-corrected chi connectivity index (χ4v) is 2.35. The first-order valence-electron chi connectivity index (χ1n) is 6.08. The van der Waals surface area contributed by atoms with Crippen molar-refractivity contribution < 1.29 is 8.78 Å². The molecule has 0 aliphatic carbocycles. The molecule has 0 bridgehead atoms. The van der Waals surface area contributed by atoms with Crippen LogP contribution in [0, 0.1) is 29.9 Å². The lowest BCUT2D eigenvalue weighted by atomic mass is 10.1. The molecule has 0 aliphatic rings. The van der Waals surface area contributed by atoms with Gasteiger partial charge in [-0.1, -0.05) is 12.1 Å². The molecule has 0 atom stereocenters. The first-order chi connectivity index (χ1) is 9.60. The lowest BCUT2D eigenvalue weighted by molar-refractivity contribution is 0.591. The summed E-state index contributed by atoms with van der Waals surface area (Å²) >= 11 is 0. The molecule has 3 rings (SSSR count). The van der Waals surface area contributed by atoms with Crippen LogP contribution in [0.4, 0.5) is 8.78 Å². The Morgan fingerprint density at radius 1 is 1.10 bits per heavy atom. The highest BCUT2D eigenvalue weighted by atomic mass is 19.1. The average Bonchev–Trinajstić information content (AvgIpc) is 2.77. The van der Waals surface area contributed by atoms with E-state index in [0.29, 0.717) is 16.5 Å². The quantitative estimate of drug-likeness (QED) is 0.702. The van der Waals surface area contributed by atoms with Gasteiger partial charge in [-0.15, -0.1) is 0 Å². The Balaban J connectivity index is 2.24. The molecule has 1 aromatic heterocycles. The van der Waals surface area contributed by atoms with Crippen molar-refractivity contribution in [2.45, 2.75) is 6.92 Å². The van der Waals surface area contributed by atoms with Crippen molar-refractivity contribution >= 4 is 10.9 Å². The molecule has 0 unspecified atom stereocenters. The van der Waals surface area contributed by atoms with Crippen LogP contribution in [-0.4, -0.2) is 4.98 Å². The Morgan fingerprint density at radius 2 is 1.80 bits per heavy atom. The number of halogens is 2. The van der Waals surface area contributed by atoms with Crippen LogP contribution < -0.4 is 0 Å². The number of aryl methyl sites for hydroxylation is 1. The van der Waals surface area contributed by atoms with Gasteiger partial charge < -0.3 is 4.98 Å². The van der Waals surface area contributed by atoms with Crippen molar-refractivity contribution in [3.63, 3.8) is 0 Å². The van der Waals surface area contributed by atoms with Crippen LogP contribution in [0.15, 0.2) is 36.4 Å². The number of hydrogen-bond donors (Lipinski definition) is 1. The van der Waals surface area contributed by atoms with Crippen LogP contribution in [0.5, 0.6) is 0 Å². The van der Waals surface area contributed by atoms with Crippen molar-refractivity contribution in [1.82, 2.24) is 4.98 Å². The molecule has 0 aliphatic heterocycles. The average molecular weight is 268 g/mol. The summed E-state index contributed by atoms with van der Waals surface area (Å²) in [4.78, 5) is 2.99. The fourth-order valence-electron chi connectivity index (χ4n) is 2.35. The zero-order valence-corrected chi connectivity index (χ0v) is 10.7. The molecule has 3 aromatic rings. The third-order valence-electron chi connectivity index (χ3n) is 3.39. The molecule has 4 heteroatoms. The maximum atomic E-state index is 13.8. The van der Waals surface area contributed by atoms with Crippen LogP contribution in [0.25, 0.3) is 22.2 Å². The van der Waals surface area contributed by atoms with Gasteiger partial charge in [0.15, 0.2) is 0 Å². The summed E-state index contributed by atoms with van der Waals surface area (Å²) in [5, 5.41) is 9.32. The third-order valence-corrected chi connectivity index (χ3v) is 3.39. The number of nitrogens with one attached hydrogen (secondary N) is 1. The Morgan fingerprint density at radius 3 is 2.45 bits per heavy atom. The summed E-state index contributed by atoms with van der Waals surface area (Å²) in [5.74, 6) is -1.20. The standard InChI is InChI=1S/C16H10F2N2/c1-9-13-6-12(17)7-14(18)16(13)20-15(9)11-4-2-10(8-19)3-5-11/h2-7,20H,1H3. The van der Waals surface area contributed by atoms with Gasteiger partial charge in [-0.25, -0.2) is 8.78 Å². The van der Waals surface area contributed by atoms with Crippen LogP contribution in [0.1, 0.15) is 11.1 Å². The zero-order chi connectivity index (χ0) is 14.3. The lowest BCUT2D eigenvalue weighted by Gasteiger charge is -2.00. The second kappa shape index (κ2) is 4.46. The molecule has 98 valence electrons. The summed E-state index contributed by atoms with van der Waals surface area (Å²) in [6, 6.07) is 11.2. The second-order valence-corrected chi connectivity index (χ2v) is 4.62. The van der Waals surface area contributed by atoms with Crippen LogP contribution in [0.3, 0.4) is 0 Å². The molecule has 1 N–H and O–H groups in total. The van der Waals surface area contributed by atoms with Crippen molar-refractivity contribution in [1.29, 1.82) is 5.26 Å². The highest BCUT2D eigenvalue weighted by molar-refractivity contribution is 5.90. The number of nitrogens with zero attached hydrogens (tertiary/aromatic N) is 1. The van der Waals surface area contributed by atoms with E-state index in [0.717, 1.165) is 22.9 Å². The summed E-state index contributed by atoms with van der Waals surface area (Å²) in [5.41, 5.74) is 3.19. The monoisotopic (exact) mass is 268 g/mol. The van der Waals surface area contributed by atoms with E-state index < -0.39 is 11.6 Å². The normalized spacial score (nSPS) is 10.7. The Kier molecular flexibility index (Phi) is 2.76. The van der Waals surface area contributed by atoms with Gasteiger partial charge in [0.25, 0.3) is 0 Å². The largest absolute Gasteiger partial charge is 0.352 e. The first-order valence-corrected chi connectivity index (χ1v) is 6.08. The van der Waals surface area contributed by atoms with Gasteiger partial charge in [-0.05, 0) is 36.2 Å². The Bertz CT molecular complexity index is 840. The highest BCUT2D eigenvalue weighted by Crippen LogP contribution is 2.31. The Hall–Kier alpha value is -2.67. The zero-order valence-electron chi connectivity index (χ0n) is 10.7. The molecule has 0 saturated heterocycles. The smallest absolute Gasteiger partial charge is 0.150 e. The van der Waals surface area contributed by atoms with Crippen molar-refractivity contribution in [2.24, 2.45) is 0 Å². The maximum absolute atomic E-state index is 13.8. The minimum Gasteiger partial charge on any atom is -0.352 e. The number of benzene rings is 2. The minimum absolute atomic E-state index is 0.295. The molecular formula is C16H10F2N2. The van der Waals surface area contributed by atoms with Crippen molar-refractivity contribution in [3.05, 3.63) is 59.2 Å². The number of H-pyrrole nitrogens is 1. The van der Waals surface area contributed by atoms with Crippen LogP contribution >= 0.6 is 0 Å². The SMILES string of the molecule is Cc1c(-c2ccc(C#N)cc2)[nH]c2c(F)cc(F)cc12. The van der Waals surface area contributed by atoms with Gasteiger partial charge in [0.05, 0.1) is 17.1 Å². The van der Waals surface area contributed by atoms with Gasteiger partial charge in [-0.3, -0.25) is 0 Å². The predicted molar refractivity (Wildman–Crippen MR) is 73.1 cm³/mol. The van der Waals surface area contributed by atoms with E-state index in [1.807, 2.05) is 13.0 Å². The topological polar surface area (TPSA) is 39.6 Å². The van der Waals surface area contributed by atoms with Gasteiger partial charge in [0.2, 0.25) is 0 Å². The summed E-state index contributed by atoms with van der Waals surface area (Å²) in [7, 11) is 0. The molecular weight excluding hydrogens is 258 g/mol.